The van der Waals surface area contributed by atoms with E-state index in [9.17, 15) is 4.39 Å². The van der Waals surface area contributed by atoms with Gasteiger partial charge in [-0.3, -0.25) is 0 Å². The standard InChI is InChI=1S/C18H22FNO2/c1-13(20)6-9-15-4-3-5-17(21-2)18(15)22-12-14-7-10-16(19)11-8-14/h3-5,7-8,10-11,13H,6,9,12,20H2,1-2H3. The van der Waals surface area contributed by atoms with Gasteiger partial charge in [0.05, 0.1) is 7.11 Å². The molecule has 0 bridgehead atoms. The summed E-state index contributed by atoms with van der Waals surface area (Å²) in [6.07, 6.45) is 1.70. The van der Waals surface area contributed by atoms with Gasteiger partial charge < -0.3 is 15.2 Å². The van der Waals surface area contributed by atoms with Gasteiger partial charge in [0, 0.05) is 6.04 Å². The average Bonchev–Trinajstić information content (AvgIpc) is 2.52. The lowest BCUT2D eigenvalue weighted by atomic mass is 10.0. The second kappa shape index (κ2) is 7.80. The lowest BCUT2D eigenvalue weighted by Crippen LogP contribution is -2.15. The van der Waals surface area contributed by atoms with Gasteiger partial charge in [-0.15, -0.1) is 0 Å². The van der Waals surface area contributed by atoms with Crippen LogP contribution in [0.2, 0.25) is 0 Å². The molecule has 2 aromatic carbocycles. The molecule has 0 aliphatic carbocycles. The van der Waals surface area contributed by atoms with Crippen LogP contribution in [-0.4, -0.2) is 13.2 Å². The van der Waals surface area contributed by atoms with Crippen LogP contribution < -0.4 is 15.2 Å². The minimum absolute atomic E-state index is 0.135. The van der Waals surface area contributed by atoms with E-state index in [0.717, 1.165) is 29.7 Å². The van der Waals surface area contributed by atoms with Crippen molar-refractivity contribution in [1.82, 2.24) is 0 Å². The van der Waals surface area contributed by atoms with Crippen LogP contribution in [0.3, 0.4) is 0 Å². The molecule has 2 N–H and O–H groups in total. The van der Waals surface area contributed by atoms with Gasteiger partial charge in [-0.2, -0.15) is 0 Å². The molecule has 2 rings (SSSR count). The summed E-state index contributed by atoms with van der Waals surface area (Å²) >= 11 is 0. The maximum absolute atomic E-state index is 12.9. The fourth-order valence-electron chi connectivity index (χ4n) is 2.20. The molecule has 2 aromatic rings. The molecular formula is C18H22FNO2. The van der Waals surface area contributed by atoms with E-state index in [1.165, 1.54) is 12.1 Å². The van der Waals surface area contributed by atoms with Gasteiger partial charge in [0.15, 0.2) is 11.5 Å². The molecular weight excluding hydrogens is 281 g/mol. The Hall–Kier alpha value is -2.07. The summed E-state index contributed by atoms with van der Waals surface area (Å²) < 4.78 is 24.2. The number of benzene rings is 2. The van der Waals surface area contributed by atoms with E-state index in [1.807, 2.05) is 25.1 Å². The van der Waals surface area contributed by atoms with Crippen molar-refractivity contribution in [3.8, 4) is 11.5 Å². The summed E-state index contributed by atoms with van der Waals surface area (Å²) in [5.41, 5.74) is 7.81. The number of rotatable bonds is 7. The maximum atomic E-state index is 12.9. The summed E-state index contributed by atoms with van der Waals surface area (Å²) in [4.78, 5) is 0. The first-order chi connectivity index (χ1) is 10.6. The van der Waals surface area contributed by atoms with Crippen LogP contribution in [0.5, 0.6) is 11.5 Å². The van der Waals surface area contributed by atoms with Crippen molar-refractivity contribution in [2.75, 3.05) is 7.11 Å². The van der Waals surface area contributed by atoms with Crippen molar-refractivity contribution in [2.24, 2.45) is 5.73 Å². The second-order valence-electron chi connectivity index (χ2n) is 5.38. The van der Waals surface area contributed by atoms with Crippen molar-refractivity contribution in [1.29, 1.82) is 0 Å². The van der Waals surface area contributed by atoms with Gasteiger partial charge in [-0.05, 0) is 49.1 Å². The first kappa shape index (κ1) is 16.3. The first-order valence-corrected chi connectivity index (χ1v) is 7.39. The Labute approximate surface area is 130 Å². The maximum Gasteiger partial charge on any atom is 0.164 e. The predicted molar refractivity (Wildman–Crippen MR) is 85.7 cm³/mol. The molecule has 1 atom stereocenters. The molecule has 0 heterocycles. The summed E-state index contributed by atoms with van der Waals surface area (Å²) in [6.45, 7) is 2.35. The average molecular weight is 303 g/mol. The molecule has 0 amide bonds. The van der Waals surface area contributed by atoms with Crippen LogP contribution in [0, 0.1) is 5.82 Å². The molecule has 118 valence electrons. The first-order valence-electron chi connectivity index (χ1n) is 7.39. The van der Waals surface area contributed by atoms with Crippen molar-refractivity contribution in [3.05, 3.63) is 59.4 Å². The van der Waals surface area contributed by atoms with E-state index in [2.05, 4.69) is 0 Å². The van der Waals surface area contributed by atoms with Gasteiger partial charge in [0.2, 0.25) is 0 Å². The molecule has 1 unspecified atom stereocenters. The molecule has 0 saturated carbocycles. The van der Waals surface area contributed by atoms with Crippen LogP contribution in [0.4, 0.5) is 4.39 Å². The van der Waals surface area contributed by atoms with Gasteiger partial charge in [-0.25, -0.2) is 4.39 Å². The molecule has 0 aliphatic rings. The third-order valence-corrected chi connectivity index (χ3v) is 3.45. The molecule has 3 nitrogen and oxygen atoms in total. The zero-order valence-corrected chi connectivity index (χ0v) is 13.0. The van der Waals surface area contributed by atoms with Crippen LogP contribution in [0.1, 0.15) is 24.5 Å². The quantitative estimate of drug-likeness (QED) is 0.848. The van der Waals surface area contributed by atoms with E-state index in [4.69, 9.17) is 15.2 Å². The van der Waals surface area contributed by atoms with Crippen LogP contribution in [-0.2, 0) is 13.0 Å². The Kier molecular flexibility index (Phi) is 5.78. The number of methoxy groups -OCH3 is 1. The monoisotopic (exact) mass is 303 g/mol. The summed E-state index contributed by atoms with van der Waals surface area (Å²) in [6, 6.07) is 12.3. The number of aryl methyl sites for hydroxylation is 1. The Balaban J connectivity index is 2.14. The normalized spacial score (nSPS) is 12.0. The SMILES string of the molecule is COc1cccc(CCC(C)N)c1OCc1ccc(F)cc1. The predicted octanol–water partition coefficient (Wildman–Crippen LogP) is 3.69. The number of hydrogen-bond acceptors (Lipinski definition) is 3. The Morgan fingerprint density at radius 1 is 1.14 bits per heavy atom. The lowest BCUT2D eigenvalue weighted by Gasteiger charge is -2.16. The summed E-state index contributed by atoms with van der Waals surface area (Å²) in [5.74, 6) is 1.18. The van der Waals surface area contributed by atoms with E-state index in [1.54, 1.807) is 19.2 Å². The van der Waals surface area contributed by atoms with E-state index in [0.29, 0.717) is 12.4 Å². The topological polar surface area (TPSA) is 44.5 Å². The third-order valence-electron chi connectivity index (χ3n) is 3.45. The van der Waals surface area contributed by atoms with Gasteiger partial charge in [-0.1, -0.05) is 24.3 Å². The number of hydrogen-bond donors (Lipinski definition) is 1. The van der Waals surface area contributed by atoms with Gasteiger partial charge >= 0.3 is 0 Å². The largest absolute Gasteiger partial charge is 0.493 e. The zero-order chi connectivity index (χ0) is 15.9. The van der Waals surface area contributed by atoms with Crippen LogP contribution in [0.15, 0.2) is 42.5 Å². The molecule has 4 heteroatoms. The third kappa shape index (κ3) is 4.46. The number of ether oxygens (including phenoxy) is 2. The highest BCUT2D eigenvalue weighted by atomic mass is 19.1. The molecule has 0 fully saturated rings. The molecule has 0 saturated heterocycles. The number of nitrogens with two attached hydrogens (primary N) is 1. The Bertz CT molecular complexity index is 597. The van der Waals surface area contributed by atoms with Crippen LogP contribution in [0.25, 0.3) is 0 Å². The minimum Gasteiger partial charge on any atom is -0.493 e. The van der Waals surface area contributed by atoms with Crippen molar-refractivity contribution in [3.63, 3.8) is 0 Å². The van der Waals surface area contributed by atoms with Gasteiger partial charge in [0.25, 0.3) is 0 Å². The zero-order valence-electron chi connectivity index (χ0n) is 13.0. The summed E-state index contributed by atoms with van der Waals surface area (Å²) in [7, 11) is 1.62. The smallest absolute Gasteiger partial charge is 0.164 e. The fraction of sp³-hybridized carbons (Fsp3) is 0.333. The van der Waals surface area contributed by atoms with E-state index in [-0.39, 0.29) is 11.9 Å². The highest BCUT2D eigenvalue weighted by molar-refractivity contribution is 5.46. The van der Waals surface area contributed by atoms with E-state index >= 15 is 0 Å². The van der Waals surface area contributed by atoms with Crippen molar-refractivity contribution >= 4 is 0 Å². The molecule has 0 radical (unpaired) electrons. The van der Waals surface area contributed by atoms with Gasteiger partial charge in [0.1, 0.15) is 12.4 Å². The molecule has 22 heavy (non-hydrogen) atoms. The van der Waals surface area contributed by atoms with Crippen molar-refractivity contribution in [2.45, 2.75) is 32.4 Å². The summed E-state index contributed by atoms with van der Waals surface area (Å²) in [5, 5.41) is 0. The highest BCUT2D eigenvalue weighted by Crippen LogP contribution is 2.32. The Morgan fingerprint density at radius 3 is 2.50 bits per heavy atom. The Morgan fingerprint density at radius 2 is 1.86 bits per heavy atom. The molecule has 0 spiro atoms. The highest BCUT2D eigenvalue weighted by Gasteiger charge is 2.11. The second-order valence-corrected chi connectivity index (χ2v) is 5.38. The fourth-order valence-corrected chi connectivity index (χ4v) is 2.20. The lowest BCUT2D eigenvalue weighted by molar-refractivity contribution is 0.281. The molecule has 0 aliphatic heterocycles. The minimum atomic E-state index is -0.251. The number of halogens is 1. The number of para-hydroxylation sites is 1. The van der Waals surface area contributed by atoms with E-state index < -0.39 is 0 Å². The molecule has 0 aromatic heterocycles. The van der Waals surface area contributed by atoms with Crippen molar-refractivity contribution < 1.29 is 13.9 Å². The van der Waals surface area contributed by atoms with Crippen LogP contribution >= 0.6 is 0 Å².